The highest BCUT2D eigenvalue weighted by Crippen LogP contribution is 2.24. The number of rotatable bonds is 3. The fourth-order valence-electron chi connectivity index (χ4n) is 1.35. The summed E-state index contributed by atoms with van der Waals surface area (Å²) in [6, 6.07) is 7.54. The first kappa shape index (κ1) is 12.7. The molecule has 0 aliphatic rings. The van der Waals surface area contributed by atoms with Gasteiger partial charge in [-0.15, -0.1) is 0 Å². The molecule has 0 aliphatic carbocycles. The normalized spacial score (nSPS) is 10.3. The molecule has 1 aromatic heterocycles. The molecule has 0 aliphatic heterocycles. The van der Waals surface area contributed by atoms with E-state index in [2.05, 4.69) is 26.2 Å². The van der Waals surface area contributed by atoms with Crippen LogP contribution in [-0.2, 0) is 6.54 Å². The number of nitrogens with one attached hydrogen (secondary N) is 1. The summed E-state index contributed by atoms with van der Waals surface area (Å²) in [5, 5.41) is 4.58. The highest BCUT2D eigenvalue weighted by Gasteiger charge is 2.01. The Kier molecular flexibility index (Phi) is 4.26. The topological polar surface area (TPSA) is 24.9 Å². The first-order valence-electron chi connectivity index (χ1n) is 4.94. The standard InChI is InChI=1S/C12H9BrCl2N2/c13-9-5-8(1-2-10(9)14)6-17-12-7-16-4-3-11(12)15/h1-5,7,17H,6H2. The minimum atomic E-state index is 0.660. The molecular weight excluding hydrogens is 323 g/mol. The molecule has 0 saturated heterocycles. The maximum absolute atomic E-state index is 6.01. The quantitative estimate of drug-likeness (QED) is 0.876. The Morgan fingerprint density at radius 2 is 2.00 bits per heavy atom. The smallest absolute Gasteiger partial charge is 0.0718 e. The van der Waals surface area contributed by atoms with Crippen molar-refractivity contribution < 1.29 is 0 Å². The van der Waals surface area contributed by atoms with E-state index in [4.69, 9.17) is 23.2 Å². The number of anilines is 1. The van der Waals surface area contributed by atoms with Gasteiger partial charge in [0.1, 0.15) is 0 Å². The summed E-state index contributed by atoms with van der Waals surface area (Å²) in [6.45, 7) is 0.668. The molecule has 1 N–H and O–H groups in total. The van der Waals surface area contributed by atoms with Crippen molar-refractivity contribution in [2.75, 3.05) is 5.32 Å². The Morgan fingerprint density at radius 1 is 1.18 bits per heavy atom. The second-order valence-corrected chi connectivity index (χ2v) is 5.13. The van der Waals surface area contributed by atoms with Gasteiger partial charge in [0.15, 0.2) is 0 Å². The second kappa shape index (κ2) is 5.71. The fourth-order valence-corrected chi connectivity index (χ4v) is 2.07. The molecular formula is C12H9BrCl2N2. The van der Waals surface area contributed by atoms with Gasteiger partial charge in [-0.05, 0) is 39.7 Å². The van der Waals surface area contributed by atoms with Crippen LogP contribution in [-0.4, -0.2) is 4.98 Å². The van der Waals surface area contributed by atoms with Crippen LogP contribution >= 0.6 is 39.1 Å². The third-order valence-corrected chi connectivity index (χ3v) is 3.78. The number of pyridine rings is 1. The van der Waals surface area contributed by atoms with Gasteiger partial charge in [0.25, 0.3) is 0 Å². The lowest BCUT2D eigenvalue weighted by atomic mass is 10.2. The summed E-state index contributed by atoms with van der Waals surface area (Å²) in [5.41, 5.74) is 1.93. The van der Waals surface area contributed by atoms with E-state index in [1.807, 2.05) is 18.2 Å². The van der Waals surface area contributed by atoms with Gasteiger partial charge in [-0.1, -0.05) is 29.3 Å². The lowest BCUT2D eigenvalue weighted by Gasteiger charge is -2.08. The third-order valence-electron chi connectivity index (χ3n) is 2.23. The van der Waals surface area contributed by atoms with E-state index in [0.29, 0.717) is 16.6 Å². The van der Waals surface area contributed by atoms with Crippen LogP contribution in [0.2, 0.25) is 10.0 Å². The number of benzene rings is 1. The predicted octanol–water partition coefficient (Wildman–Crippen LogP) is 4.76. The first-order valence-corrected chi connectivity index (χ1v) is 6.49. The van der Waals surface area contributed by atoms with Gasteiger partial charge in [0.05, 0.1) is 21.9 Å². The lowest BCUT2D eigenvalue weighted by molar-refractivity contribution is 1.13. The molecule has 17 heavy (non-hydrogen) atoms. The molecule has 2 aromatic rings. The first-order chi connectivity index (χ1) is 8.16. The largest absolute Gasteiger partial charge is 0.379 e. The molecule has 0 amide bonds. The van der Waals surface area contributed by atoms with Crippen molar-refractivity contribution in [3.05, 3.63) is 56.7 Å². The van der Waals surface area contributed by atoms with Crippen LogP contribution in [0.5, 0.6) is 0 Å². The van der Waals surface area contributed by atoms with E-state index < -0.39 is 0 Å². The van der Waals surface area contributed by atoms with Crippen LogP contribution in [0, 0.1) is 0 Å². The van der Waals surface area contributed by atoms with Crippen molar-refractivity contribution in [1.29, 1.82) is 0 Å². The van der Waals surface area contributed by atoms with Crippen molar-refractivity contribution in [3.63, 3.8) is 0 Å². The number of hydrogen-bond acceptors (Lipinski definition) is 2. The molecule has 0 radical (unpaired) electrons. The van der Waals surface area contributed by atoms with Gasteiger partial charge in [-0.25, -0.2) is 0 Å². The summed E-state index contributed by atoms with van der Waals surface area (Å²) < 4.78 is 0.885. The summed E-state index contributed by atoms with van der Waals surface area (Å²) in [6.07, 6.45) is 3.36. The molecule has 5 heteroatoms. The average molecular weight is 332 g/mol. The van der Waals surface area contributed by atoms with Crippen molar-refractivity contribution in [1.82, 2.24) is 4.98 Å². The zero-order chi connectivity index (χ0) is 12.3. The molecule has 1 aromatic carbocycles. The zero-order valence-corrected chi connectivity index (χ0v) is 11.9. The monoisotopic (exact) mass is 330 g/mol. The van der Waals surface area contributed by atoms with Gasteiger partial charge < -0.3 is 5.32 Å². The van der Waals surface area contributed by atoms with Crippen LogP contribution in [0.4, 0.5) is 5.69 Å². The minimum absolute atomic E-state index is 0.660. The second-order valence-electron chi connectivity index (χ2n) is 3.46. The summed E-state index contributed by atoms with van der Waals surface area (Å²) in [5.74, 6) is 0. The van der Waals surface area contributed by atoms with E-state index in [9.17, 15) is 0 Å². The molecule has 2 rings (SSSR count). The zero-order valence-electron chi connectivity index (χ0n) is 8.75. The fraction of sp³-hybridized carbons (Fsp3) is 0.0833. The summed E-state index contributed by atoms with van der Waals surface area (Å²) >= 11 is 15.3. The molecule has 0 spiro atoms. The number of aromatic nitrogens is 1. The minimum Gasteiger partial charge on any atom is -0.379 e. The predicted molar refractivity (Wildman–Crippen MR) is 75.7 cm³/mol. The lowest BCUT2D eigenvalue weighted by Crippen LogP contribution is -2.00. The number of nitrogens with zero attached hydrogens (tertiary/aromatic N) is 1. The molecule has 0 saturated carbocycles. The molecule has 0 fully saturated rings. The summed E-state index contributed by atoms with van der Waals surface area (Å²) in [7, 11) is 0. The number of hydrogen-bond donors (Lipinski definition) is 1. The average Bonchev–Trinajstić information content (AvgIpc) is 2.32. The van der Waals surface area contributed by atoms with Crippen molar-refractivity contribution >= 4 is 44.8 Å². The van der Waals surface area contributed by atoms with E-state index >= 15 is 0 Å². The Labute approximate surface area is 118 Å². The highest BCUT2D eigenvalue weighted by atomic mass is 79.9. The van der Waals surface area contributed by atoms with Crippen molar-refractivity contribution in [2.45, 2.75) is 6.54 Å². The van der Waals surface area contributed by atoms with Crippen LogP contribution in [0.25, 0.3) is 0 Å². The maximum atomic E-state index is 6.01. The van der Waals surface area contributed by atoms with Crippen LogP contribution in [0.3, 0.4) is 0 Å². The van der Waals surface area contributed by atoms with Crippen molar-refractivity contribution in [3.8, 4) is 0 Å². The van der Waals surface area contributed by atoms with E-state index in [1.165, 1.54) is 0 Å². The Balaban J connectivity index is 2.08. The Morgan fingerprint density at radius 3 is 2.71 bits per heavy atom. The van der Waals surface area contributed by atoms with E-state index in [1.54, 1.807) is 18.5 Å². The molecule has 2 nitrogen and oxygen atoms in total. The third kappa shape index (κ3) is 3.35. The van der Waals surface area contributed by atoms with Gasteiger partial charge in [0.2, 0.25) is 0 Å². The van der Waals surface area contributed by atoms with Gasteiger partial charge in [-0.3, -0.25) is 4.98 Å². The van der Waals surface area contributed by atoms with Gasteiger partial charge >= 0.3 is 0 Å². The van der Waals surface area contributed by atoms with Crippen molar-refractivity contribution in [2.24, 2.45) is 0 Å². The van der Waals surface area contributed by atoms with Gasteiger partial charge in [-0.2, -0.15) is 0 Å². The number of halogens is 3. The maximum Gasteiger partial charge on any atom is 0.0718 e. The molecule has 0 atom stereocenters. The van der Waals surface area contributed by atoms with E-state index in [0.717, 1.165) is 15.7 Å². The molecule has 1 heterocycles. The van der Waals surface area contributed by atoms with Crippen LogP contribution < -0.4 is 5.32 Å². The van der Waals surface area contributed by atoms with Crippen LogP contribution in [0.15, 0.2) is 41.1 Å². The SMILES string of the molecule is Clc1ccc(CNc2cnccc2Cl)cc1Br. The molecule has 0 unspecified atom stereocenters. The van der Waals surface area contributed by atoms with Gasteiger partial charge in [0, 0.05) is 17.2 Å². The van der Waals surface area contributed by atoms with Crippen LogP contribution in [0.1, 0.15) is 5.56 Å². The summed E-state index contributed by atoms with van der Waals surface area (Å²) in [4.78, 5) is 4.01. The Hall–Kier alpha value is -0.770. The van der Waals surface area contributed by atoms with E-state index in [-0.39, 0.29) is 0 Å². The molecule has 0 bridgehead atoms. The molecule has 88 valence electrons. The Bertz CT molecular complexity index is 532. The highest BCUT2D eigenvalue weighted by molar-refractivity contribution is 9.10.